The summed E-state index contributed by atoms with van der Waals surface area (Å²) in [4.78, 5) is 26.0. The highest BCUT2D eigenvalue weighted by Crippen LogP contribution is 2.55. The molecule has 1 aliphatic heterocycles. The van der Waals surface area contributed by atoms with E-state index in [0.717, 1.165) is 32.1 Å². The first kappa shape index (κ1) is 14.6. The van der Waals surface area contributed by atoms with E-state index in [-0.39, 0.29) is 29.3 Å². The number of carbonyl (C=O) groups excluding carboxylic acids is 2. The van der Waals surface area contributed by atoms with Crippen LogP contribution in [-0.4, -0.2) is 37.0 Å². The van der Waals surface area contributed by atoms with Gasteiger partial charge in [-0.25, -0.2) is 0 Å². The number of amides is 1. The molecular weight excluding hydrogens is 266 g/mol. The Morgan fingerprint density at radius 2 is 2.14 bits per heavy atom. The lowest BCUT2D eigenvalue weighted by Gasteiger charge is -2.55. The molecular formula is C17H25NO3. The number of esters is 1. The Hall–Kier alpha value is -1.32. The molecule has 2 aliphatic carbocycles. The van der Waals surface area contributed by atoms with Crippen molar-refractivity contribution in [2.45, 2.75) is 51.5 Å². The average Bonchev–Trinajstić information content (AvgIpc) is 2.50. The summed E-state index contributed by atoms with van der Waals surface area (Å²) in [5.41, 5.74) is 1.46. The van der Waals surface area contributed by atoms with Crippen LogP contribution in [0.3, 0.4) is 0 Å². The second-order valence-corrected chi connectivity index (χ2v) is 6.99. The van der Waals surface area contributed by atoms with Gasteiger partial charge >= 0.3 is 5.97 Å². The molecule has 2 fully saturated rings. The molecule has 1 saturated heterocycles. The number of methoxy groups -OCH3 is 1. The van der Waals surface area contributed by atoms with E-state index < -0.39 is 0 Å². The van der Waals surface area contributed by atoms with Crippen LogP contribution in [0.4, 0.5) is 0 Å². The fourth-order valence-corrected chi connectivity index (χ4v) is 4.93. The van der Waals surface area contributed by atoms with Crippen molar-refractivity contribution in [3.63, 3.8) is 0 Å². The van der Waals surface area contributed by atoms with Crippen molar-refractivity contribution in [3.8, 4) is 0 Å². The zero-order valence-electron chi connectivity index (χ0n) is 13.2. The highest BCUT2D eigenvalue weighted by molar-refractivity contribution is 5.78. The molecule has 3 aliphatic rings. The molecule has 1 heterocycles. The lowest BCUT2D eigenvalue weighted by atomic mass is 9.55. The molecule has 0 spiro atoms. The summed E-state index contributed by atoms with van der Waals surface area (Å²) in [6, 6.07) is 0.289. The SMILES string of the molecule is COC(=O)C1CCC=C2C1CCC1N(C)C(=O)CC[C@]21C. The van der Waals surface area contributed by atoms with E-state index in [1.807, 2.05) is 11.9 Å². The Balaban J connectivity index is 1.93. The predicted molar refractivity (Wildman–Crippen MR) is 79.4 cm³/mol. The molecule has 1 amide bonds. The molecule has 21 heavy (non-hydrogen) atoms. The maximum Gasteiger partial charge on any atom is 0.309 e. The smallest absolute Gasteiger partial charge is 0.309 e. The van der Waals surface area contributed by atoms with E-state index in [1.165, 1.54) is 12.7 Å². The summed E-state index contributed by atoms with van der Waals surface area (Å²) in [5, 5.41) is 0. The Morgan fingerprint density at radius 3 is 2.86 bits per heavy atom. The first-order chi connectivity index (χ1) is 9.99. The second kappa shape index (κ2) is 5.15. The standard InChI is InChI=1S/C17H25NO3/c1-17-10-9-15(19)18(2)14(17)8-7-11-12(16(20)21-3)5-4-6-13(11)17/h6,11-12,14H,4-5,7-10H2,1-3H3/t11?,12?,14?,17-/m1/s1. The molecule has 0 radical (unpaired) electrons. The highest BCUT2D eigenvalue weighted by atomic mass is 16.5. The largest absolute Gasteiger partial charge is 0.469 e. The van der Waals surface area contributed by atoms with Gasteiger partial charge in [0.05, 0.1) is 13.0 Å². The van der Waals surface area contributed by atoms with Gasteiger partial charge in [0.25, 0.3) is 0 Å². The van der Waals surface area contributed by atoms with Crippen molar-refractivity contribution >= 4 is 11.9 Å². The summed E-state index contributed by atoms with van der Waals surface area (Å²) >= 11 is 0. The minimum atomic E-state index is -0.0621. The Labute approximate surface area is 126 Å². The molecule has 4 atom stereocenters. The normalized spacial score (nSPS) is 39.2. The van der Waals surface area contributed by atoms with E-state index in [9.17, 15) is 9.59 Å². The lowest BCUT2D eigenvalue weighted by Crippen LogP contribution is -2.57. The molecule has 4 nitrogen and oxygen atoms in total. The fourth-order valence-electron chi connectivity index (χ4n) is 4.93. The summed E-state index contributed by atoms with van der Waals surface area (Å²) in [6.45, 7) is 2.29. The predicted octanol–water partition coefficient (Wildman–Crippen LogP) is 2.53. The van der Waals surface area contributed by atoms with Gasteiger partial charge in [0, 0.05) is 24.9 Å². The molecule has 3 unspecified atom stereocenters. The number of fused-ring (bicyclic) bond motifs is 3. The first-order valence-corrected chi connectivity index (χ1v) is 8.03. The molecule has 0 bridgehead atoms. The number of rotatable bonds is 1. The number of likely N-dealkylation sites (tertiary alicyclic amines) is 1. The Kier molecular flexibility index (Phi) is 3.58. The van der Waals surface area contributed by atoms with E-state index >= 15 is 0 Å². The van der Waals surface area contributed by atoms with Crippen LogP contribution in [0, 0.1) is 17.3 Å². The van der Waals surface area contributed by atoms with Crippen molar-refractivity contribution in [2.24, 2.45) is 17.3 Å². The minimum absolute atomic E-state index is 0.00992. The molecule has 116 valence electrons. The van der Waals surface area contributed by atoms with Crippen molar-refractivity contribution in [3.05, 3.63) is 11.6 Å². The number of nitrogens with zero attached hydrogens (tertiary/aromatic N) is 1. The van der Waals surface area contributed by atoms with Gasteiger partial charge in [-0.3, -0.25) is 9.59 Å². The average molecular weight is 291 g/mol. The highest BCUT2D eigenvalue weighted by Gasteiger charge is 2.52. The molecule has 1 saturated carbocycles. The maximum absolute atomic E-state index is 12.1. The van der Waals surface area contributed by atoms with Crippen LogP contribution in [0.1, 0.15) is 45.4 Å². The summed E-state index contributed by atoms with van der Waals surface area (Å²) in [7, 11) is 3.42. The van der Waals surface area contributed by atoms with Crippen LogP contribution in [0.2, 0.25) is 0 Å². The number of hydrogen-bond donors (Lipinski definition) is 0. The quantitative estimate of drug-likeness (QED) is 0.551. The number of allylic oxidation sites excluding steroid dienone is 1. The van der Waals surface area contributed by atoms with Crippen LogP contribution in [-0.2, 0) is 14.3 Å². The lowest BCUT2D eigenvalue weighted by molar-refractivity contribution is -0.150. The molecule has 4 heteroatoms. The Bertz CT molecular complexity index is 498. The number of ether oxygens (including phenoxy) is 1. The minimum Gasteiger partial charge on any atom is -0.469 e. The number of piperidine rings is 1. The van der Waals surface area contributed by atoms with Crippen LogP contribution < -0.4 is 0 Å². The van der Waals surface area contributed by atoms with Crippen LogP contribution >= 0.6 is 0 Å². The van der Waals surface area contributed by atoms with E-state index in [2.05, 4.69) is 13.0 Å². The summed E-state index contributed by atoms with van der Waals surface area (Å²) in [5.74, 6) is 0.523. The van der Waals surface area contributed by atoms with Crippen molar-refractivity contribution < 1.29 is 14.3 Å². The van der Waals surface area contributed by atoms with Gasteiger partial charge in [-0.2, -0.15) is 0 Å². The van der Waals surface area contributed by atoms with Gasteiger partial charge in [-0.1, -0.05) is 18.6 Å². The zero-order chi connectivity index (χ0) is 15.2. The Morgan fingerprint density at radius 1 is 1.38 bits per heavy atom. The van der Waals surface area contributed by atoms with Gasteiger partial charge < -0.3 is 9.64 Å². The first-order valence-electron chi connectivity index (χ1n) is 8.03. The van der Waals surface area contributed by atoms with Gasteiger partial charge in [0.2, 0.25) is 5.91 Å². The van der Waals surface area contributed by atoms with E-state index in [1.54, 1.807) is 0 Å². The van der Waals surface area contributed by atoms with Crippen molar-refractivity contribution in [2.75, 3.05) is 14.2 Å². The molecule has 0 N–H and O–H groups in total. The van der Waals surface area contributed by atoms with Crippen molar-refractivity contribution in [1.82, 2.24) is 4.90 Å². The fraction of sp³-hybridized carbons (Fsp3) is 0.765. The van der Waals surface area contributed by atoms with E-state index in [0.29, 0.717) is 12.3 Å². The maximum atomic E-state index is 12.1. The number of carbonyl (C=O) groups is 2. The zero-order valence-corrected chi connectivity index (χ0v) is 13.2. The molecule has 0 aromatic heterocycles. The third-order valence-corrected chi connectivity index (χ3v) is 6.10. The summed E-state index contributed by atoms with van der Waals surface area (Å²) < 4.78 is 5.02. The summed E-state index contributed by atoms with van der Waals surface area (Å²) in [6.07, 6.45) is 7.72. The van der Waals surface area contributed by atoms with Gasteiger partial charge in [-0.15, -0.1) is 0 Å². The number of hydrogen-bond acceptors (Lipinski definition) is 3. The van der Waals surface area contributed by atoms with Gasteiger partial charge in [0.15, 0.2) is 0 Å². The van der Waals surface area contributed by atoms with Crippen LogP contribution in [0.25, 0.3) is 0 Å². The van der Waals surface area contributed by atoms with Crippen LogP contribution in [0.5, 0.6) is 0 Å². The van der Waals surface area contributed by atoms with Crippen molar-refractivity contribution in [1.29, 1.82) is 0 Å². The topological polar surface area (TPSA) is 46.6 Å². The third kappa shape index (κ3) is 2.11. The van der Waals surface area contributed by atoms with Gasteiger partial charge in [0.1, 0.15) is 0 Å². The molecule has 0 aromatic carbocycles. The monoisotopic (exact) mass is 291 g/mol. The van der Waals surface area contributed by atoms with Crippen LogP contribution in [0.15, 0.2) is 11.6 Å². The van der Waals surface area contributed by atoms with E-state index in [4.69, 9.17) is 4.74 Å². The second-order valence-electron chi connectivity index (χ2n) is 6.99. The molecule has 0 aromatic rings. The third-order valence-electron chi connectivity index (χ3n) is 6.10. The van der Waals surface area contributed by atoms with Gasteiger partial charge in [-0.05, 0) is 38.0 Å². The molecule has 3 rings (SSSR count).